The average Bonchev–Trinajstić information content (AvgIpc) is 2.77. The second-order valence-corrected chi connectivity index (χ2v) is 65.5. The molecule has 4 aliphatic rings. The normalized spacial score (nSPS) is 19.2. The van der Waals surface area contributed by atoms with Crippen LogP contribution < -0.4 is 36.5 Å². The van der Waals surface area contributed by atoms with Crippen LogP contribution in [0.15, 0.2) is 97.1 Å². The van der Waals surface area contributed by atoms with Gasteiger partial charge in [-0.2, -0.15) is 0 Å². The Balaban J connectivity index is 1.71. The van der Waals surface area contributed by atoms with Gasteiger partial charge >= 0.3 is 28.9 Å². The topological polar surface area (TPSA) is 25.9 Å². The summed E-state index contributed by atoms with van der Waals surface area (Å²) < 4.78 is 25.3. The van der Waals surface area contributed by atoms with Crippen LogP contribution in [0.25, 0.3) is 0 Å². The van der Waals surface area contributed by atoms with Crippen molar-refractivity contribution in [1.29, 1.82) is 0 Å². The van der Waals surface area contributed by atoms with Gasteiger partial charge in [0.05, 0.1) is 45.5 Å². The first-order valence-electron chi connectivity index (χ1n) is 29.8. The molecule has 14 heteroatoms. The summed E-state index contributed by atoms with van der Waals surface area (Å²) in [4.78, 5) is 0. The number of hydrogen-bond donors (Lipinski definition) is 0. The highest BCUT2D eigenvalue weighted by atomic mass is 79.9. The molecule has 4 aromatic rings. The zero-order chi connectivity index (χ0) is 58.9. The molecular weight excluding hydrogens is 1160 g/mol. The third-order valence-corrected chi connectivity index (χ3v) is 63.6. The Morgan fingerprint density at radius 1 is 0.241 bits per heavy atom. The second-order valence-electron chi connectivity index (χ2n) is 34.1. The number of hydrogen-bond acceptors (Lipinski definition) is 8. The van der Waals surface area contributed by atoms with Crippen LogP contribution in [0.4, 0.5) is 45.5 Å². The summed E-state index contributed by atoms with van der Waals surface area (Å²) in [5.74, 6) is 0. The summed E-state index contributed by atoms with van der Waals surface area (Å²) in [6.07, 6.45) is 0. The fourth-order valence-electron chi connectivity index (χ4n) is 13.6. The highest BCUT2D eigenvalue weighted by Crippen LogP contribution is 2.65. The average molecular weight is 1270 g/mol. The number of para-hydroxylation sites is 8. The third kappa shape index (κ3) is 11.7. The van der Waals surface area contributed by atoms with Crippen molar-refractivity contribution in [1.82, 2.24) is 0 Å². The van der Waals surface area contributed by atoms with E-state index in [1.807, 2.05) is 0 Å². The van der Waals surface area contributed by atoms with Crippen LogP contribution >= 0.6 is 30.6 Å². The molecular formula is C65H106Br2N8Si4. The molecule has 436 valence electrons. The molecule has 0 aliphatic carbocycles. The van der Waals surface area contributed by atoms with Crippen LogP contribution in [-0.4, -0.2) is 81.3 Å². The first-order valence-corrected chi connectivity index (χ1v) is 44.3. The molecule has 0 unspecified atom stereocenters. The van der Waals surface area contributed by atoms with Crippen molar-refractivity contribution in [2.75, 3.05) is 88.9 Å². The van der Waals surface area contributed by atoms with Crippen LogP contribution in [0, 0.1) is 43.3 Å². The largest absolute Gasteiger partial charge is 0.378 e. The highest BCUT2D eigenvalue weighted by molar-refractivity contribution is 9.28. The van der Waals surface area contributed by atoms with Crippen molar-refractivity contribution < 1.29 is 0 Å². The molecule has 0 fully saturated rings. The number of anilines is 8. The molecule has 0 saturated heterocycles. The Kier molecular flexibility index (Phi) is 16.1. The molecule has 8 nitrogen and oxygen atoms in total. The van der Waals surface area contributed by atoms with E-state index in [0.717, 1.165) is 58.0 Å². The third-order valence-electron chi connectivity index (χ3n) is 15.6. The zero-order valence-corrected chi connectivity index (χ0v) is 61.1. The first-order chi connectivity index (χ1) is 35.9. The van der Waals surface area contributed by atoms with Crippen LogP contribution in [0.1, 0.15) is 166 Å². The van der Waals surface area contributed by atoms with E-state index in [1.54, 1.807) is 0 Å². The SMILES string of the molecule is CC(C)(C)CN1c2ccccc2N(CC(C)(C)C)[Si]1(Br)[Si]1(C[Si]2([Si]3(Br)N(CC(C)(C)C)c4ccccc4N3CC(C)(C)C)N(CC(C)(C)C)c3ccccc3N2CC(C)(C)C)N(CC(C)(C)C)c2ccccc2N1CC(C)(C)C. The monoisotopic (exact) mass is 1270 g/mol. The van der Waals surface area contributed by atoms with Gasteiger partial charge in [-0.05, 0) is 91.9 Å². The Morgan fingerprint density at radius 3 is 0.506 bits per heavy atom. The molecule has 0 radical (unpaired) electrons. The Labute approximate surface area is 502 Å². The Hall–Kier alpha value is -2.89. The standard InChI is InChI=1S/C65H106Br2N8Si4/c1-58(2,3)41-68-50-33-25-26-34-51(50)69(42-59(4,5)6)76(68,78(66)72(45-62(13,14)15)54-37-29-30-38-55(54)73(78)46-63(16,17)18)49-77(70(43-60(7,8)9)52-35-27-28-36-53(52)71(77)44-61(10,11)12)79(67)74(47-64(19,20)21)56-39-31-32-40-57(56)75(79)48-65(22,23)24/h25-40H,41-49H2,1-24H3. The minimum absolute atomic E-state index is 0.0254. The Bertz CT molecular complexity index is 2470. The van der Waals surface area contributed by atoms with E-state index < -0.39 is 28.9 Å². The van der Waals surface area contributed by atoms with Gasteiger partial charge in [0.2, 0.25) is 0 Å². The minimum atomic E-state index is -3.53. The summed E-state index contributed by atoms with van der Waals surface area (Å²) in [6, 6.07) is 39.0. The van der Waals surface area contributed by atoms with Crippen LogP contribution in [0.2, 0.25) is 5.67 Å². The van der Waals surface area contributed by atoms with Crippen LogP contribution in [0.5, 0.6) is 0 Å². The van der Waals surface area contributed by atoms with Gasteiger partial charge in [-0.1, -0.05) is 245 Å². The lowest BCUT2D eigenvalue weighted by atomic mass is 9.96. The molecule has 0 amide bonds. The van der Waals surface area contributed by atoms with Crippen LogP contribution in [0.3, 0.4) is 0 Å². The van der Waals surface area contributed by atoms with Crippen molar-refractivity contribution in [2.45, 2.75) is 172 Å². The van der Waals surface area contributed by atoms with Gasteiger partial charge in [0.1, 0.15) is 0 Å². The van der Waals surface area contributed by atoms with E-state index >= 15 is 0 Å². The van der Waals surface area contributed by atoms with E-state index in [9.17, 15) is 0 Å². The van der Waals surface area contributed by atoms with Gasteiger partial charge in [0.15, 0.2) is 0 Å². The second kappa shape index (κ2) is 20.4. The van der Waals surface area contributed by atoms with Crippen LogP contribution in [-0.2, 0) is 0 Å². The first kappa shape index (κ1) is 62.2. The van der Waals surface area contributed by atoms with Gasteiger partial charge in [-0.25, -0.2) is 0 Å². The van der Waals surface area contributed by atoms with E-state index in [-0.39, 0.29) is 43.3 Å². The fourth-order valence-corrected chi connectivity index (χ4v) is 78.8. The zero-order valence-electron chi connectivity index (χ0n) is 53.9. The quantitative estimate of drug-likeness (QED) is 0.102. The van der Waals surface area contributed by atoms with Gasteiger partial charge in [-0.3, -0.25) is 0 Å². The maximum Gasteiger partial charge on any atom is 0.369 e. The summed E-state index contributed by atoms with van der Waals surface area (Å²) in [7, 11) is -7.06. The molecule has 79 heavy (non-hydrogen) atoms. The lowest BCUT2D eigenvalue weighted by molar-refractivity contribution is 0.417. The minimum Gasteiger partial charge on any atom is -0.378 e. The van der Waals surface area contributed by atoms with E-state index in [4.69, 9.17) is 30.6 Å². The van der Waals surface area contributed by atoms with Crippen molar-refractivity contribution in [3.63, 3.8) is 0 Å². The molecule has 0 bridgehead atoms. The number of rotatable bonds is 12. The molecule has 0 aromatic heterocycles. The van der Waals surface area contributed by atoms with Crippen molar-refractivity contribution in [2.24, 2.45) is 43.3 Å². The van der Waals surface area contributed by atoms with Crippen molar-refractivity contribution >= 4 is 105 Å². The summed E-state index contributed by atoms with van der Waals surface area (Å²) in [5, 5.41) is 0. The van der Waals surface area contributed by atoms with Gasteiger partial charge in [-0.15, -0.1) is 0 Å². The number of fused-ring (bicyclic) bond motifs is 4. The number of nitrogens with zero attached hydrogens (tertiary/aromatic N) is 8. The predicted molar refractivity (Wildman–Crippen MR) is 366 cm³/mol. The van der Waals surface area contributed by atoms with Gasteiger partial charge < -0.3 is 36.5 Å². The highest BCUT2D eigenvalue weighted by Gasteiger charge is 2.84. The van der Waals surface area contributed by atoms with Gasteiger partial charge in [0, 0.05) is 58.0 Å². The molecule has 4 aliphatic heterocycles. The maximum absolute atomic E-state index is 5.54. The lowest BCUT2D eigenvalue weighted by Crippen LogP contribution is -2.95. The number of halogens is 2. The molecule has 0 atom stereocenters. The smallest absolute Gasteiger partial charge is 0.369 e. The van der Waals surface area contributed by atoms with E-state index in [1.165, 1.54) is 45.5 Å². The molecule has 0 spiro atoms. The molecule has 0 saturated carbocycles. The lowest BCUT2D eigenvalue weighted by Gasteiger charge is -2.64. The summed E-state index contributed by atoms with van der Waals surface area (Å²) >= 11 is 11.1. The summed E-state index contributed by atoms with van der Waals surface area (Å²) in [5.41, 5.74) is 12.0. The van der Waals surface area contributed by atoms with E-state index in [0.29, 0.717) is 0 Å². The summed E-state index contributed by atoms with van der Waals surface area (Å²) in [6.45, 7) is 60.9. The molecule has 4 aromatic carbocycles. The molecule has 8 rings (SSSR count). The number of benzene rings is 4. The van der Waals surface area contributed by atoms with Crippen molar-refractivity contribution in [3.8, 4) is 0 Å². The van der Waals surface area contributed by atoms with Crippen molar-refractivity contribution in [3.05, 3.63) is 97.1 Å². The Morgan fingerprint density at radius 2 is 0.367 bits per heavy atom. The molecule has 4 heterocycles. The van der Waals surface area contributed by atoms with E-state index in [2.05, 4.69) is 300 Å². The predicted octanol–water partition coefficient (Wildman–Crippen LogP) is 17.9. The van der Waals surface area contributed by atoms with Gasteiger partial charge in [0.25, 0.3) is 0 Å². The maximum atomic E-state index is 5.54. The fraction of sp³-hybridized carbons (Fsp3) is 0.631. The molecule has 0 N–H and O–H groups in total.